The number of hydrogen-bond acceptors (Lipinski definition) is 8. The molecular formula is C28H26N4O5S2. The third-order valence-electron chi connectivity index (χ3n) is 6.71. The van der Waals surface area contributed by atoms with Gasteiger partial charge in [-0.25, -0.2) is 0 Å². The van der Waals surface area contributed by atoms with Crippen LogP contribution in [0, 0.1) is 5.41 Å². The van der Waals surface area contributed by atoms with Crippen molar-refractivity contribution < 1.29 is 23.9 Å². The first-order valence-electron chi connectivity index (χ1n) is 12.2. The average Bonchev–Trinajstić information content (AvgIpc) is 3.49. The van der Waals surface area contributed by atoms with Crippen molar-refractivity contribution in [3.8, 4) is 0 Å². The summed E-state index contributed by atoms with van der Waals surface area (Å²) in [5.41, 5.74) is 2.50. The lowest BCUT2D eigenvalue weighted by Gasteiger charge is -2.55. The minimum atomic E-state index is -1.32. The first-order valence-corrected chi connectivity index (χ1v) is 14.2. The lowest BCUT2D eigenvalue weighted by atomic mass is 9.87. The molecule has 0 aliphatic carbocycles. The maximum Gasteiger partial charge on any atom is 0.321 e. The number of hydrazone groups is 1. The highest BCUT2D eigenvalue weighted by Gasteiger charge is 2.59. The van der Waals surface area contributed by atoms with Crippen LogP contribution in [0.3, 0.4) is 0 Å². The standard InChI is InChI=1S/C28H26N4O5S2/c1-19(34)32(22-13-8-14-38-22)23-25(35)31-16-28(15-29-30-18-33,17-39-26(23)31)27(36)37-24(20-9-4-2-5-10-20)21-11-6-3-7-12-21/h2-15,18,23-24,26H,16-17H2,1H3,(H,30,33)/t23?,26-,28?/m1/s1. The van der Waals surface area contributed by atoms with Gasteiger partial charge in [0.25, 0.3) is 0 Å². The maximum absolute atomic E-state index is 13.9. The van der Waals surface area contributed by atoms with Gasteiger partial charge >= 0.3 is 5.97 Å². The summed E-state index contributed by atoms with van der Waals surface area (Å²) in [5.74, 6) is -0.807. The van der Waals surface area contributed by atoms with Crippen LogP contribution in [0.4, 0.5) is 5.00 Å². The molecule has 3 amide bonds. The molecule has 0 radical (unpaired) electrons. The van der Waals surface area contributed by atoms with E-state index in [-0.39, 0.29) is 29.5 Å². The van der Waals surface area contributed by atoms with Gasteiger partial charge < -0.3 is 9.64 Å². The second-order valence-corrected chi connectivity index (χ2v) is 11.3. The van der Waals surface area contributed by atoms with Crippen LogP contribution in [-0.2, 0) is 23.9 Å². The molecule has 3 heterocycles. The first-order chi connectivity index (χ1) is 18.9. The third-order valence-corrected chi connectivity index (χ3v) is 9.12. The summed E-state index contributed by atoms with van der Waals surface area (Å²) >= 11 is 2.78. The highest BCUT2D eigenvalue weighted by molar-refractivity contribution is 8.00. The number of benzene rings is 2. The minimum Gasteiger partial charge on any atom is -0.452 e. The van der Waals surface area contributed by atoms with E-state index < -0.39 is 23.5 Å². The van der Waals surface area contributed by atoms with Crippen molar-refractivity contribution in [1.82, 2.24) is 10.3 Å². The predicted octanol–water partition coefficient (Wildman–Crippen LogP) is 3.44. The third kappa shape index (κ3) is 5.19. The Hall–Kier alpha value is -3.96. The summed E-state index contributed by atoms with van der Waals surface area (Å²) in [6.07, 6.45) is 1.07. The Morgan fingerprint density at radius 3 is 2.33 bits per heavy atom. The highest BCUT2D eigenvalue weighted by atomic mass is 32.2. The van der Waals surface area contributed by atoms with Crippen LogP contribution in [0.2, 0.25) is 0 Å². The molecule has 2 aliphatic rings. The van der Waals surface area contributed by atoms with Crippen molar-refractivity contribution in [2.24, 2.45) is 10.5 Å². The SMILES string of the molecule is CC(=O)N(c1cccs1)C1C(=O)N2CC(C=NNC=O)(C(=O)OC(c3ccccc3)c3ccccc3)CS[C@H]12. The lowest BCUT2D eigenvalue weighted by Crippen LogP contribution is -2.74. The molecule has 1 N–H and O–H groups in total. The number of carbonyl (C=O) groups excluding carboxylic acids is 4. The van der Waals surface area contributed by atoms with Gasteiger partial charge in [-0.3, -0.25) is 29.5 Å². The molecule has 3 atom stereocenters. The quantitative estimate of drug-likeness (QED) is 0.141. The molecule has 5 rings (SSSR count). The zero-order chi connectivity index (χ0) is 27.4. The number of fused-ring (bicyclic) bond motifs is 1. The van der Waals surface area contributed by atoms with Crippen molar-refractivity contribution in [3.63, 3.8) is 0 Å². The number of β-lactam (4-membered cyclic amide) rings is 1. The van der Waals surface area contributed by atoms with E-state index in [2.05, 4.69) is 10.5 Å². The number of rotatable bonds is 9. The van der Waals surface area contributed by atoms with Crippen molar-refractivity contribution >= 4 is 58.5 Å². The summed E-state index contributed by atoms with van der Waals surface area (Å²) in [4.78, 5) is 53.8. The van der Waals surface area contributed by atoms with E-state index in [0.29, 0.717) is 11.4 Å². The van der Waals surface area contributed by atoms with Crippen LogP contribution in [0.1, 0.15) is 24.2 Å². The summed E-state index contributed by atoms with van der Waals surface area (Å²) in [6.45, 7) is 1.45. The first kappa shape index (κ1) is 26.6. The van der Waals surface area contributed by atoms with Gasteiger partial charge in [0.2, 0.25) is 18.2 Å². The van der Waals surface area contributed by atoms with E-state index in [1.807, 2.05) is 78.2 Å². The van der Waals surface area contributed by atoms with Gasteiger partial charge in [-0.1, -0.05) is 60.7 Å². The number of thioether (sulfide) groups is 1. The molecular weight excluding hydrogens is 536 g/mol. The summed E-state index contributed by atoms with van der Waals surface area (Å²) in [6, 6.07) is 21.8. The van der Waals surface area contributed by atoms with Crippen molar-refractivity contribution in [1.29, 1.82) is 0 Å². The number of hydrogen-bond donors (Lipinski definition) is 1. The van der Waals surface area contributed by atoms with Gasteiger partial charge in [0.15, 0.2) is 6.10 Å². The molecule has 2 aromatic carbocycles. The van der Waals surface area contributed by atoms with E-state index in [1.54, 1.807) is 4.90 Å². The van der Waals surface area contributed by atoms with Gasteiger partial charge in [-0.15, -0.1) is 23.1 Å². The molecule has 9 nitrogen and oxygen atoms in total. The van der Waals surface area contributed by atoms with Gasteiger partial charge in [-0.2, -0.15) is 5.10 Å². The number of thiophene rings is 1. The summed E-state index contributed by atoms with van der Waals surface area (Å²) in [5, 5.41) is 6.16. The Morgan fingerprint density at radius 2 is 1.77 bits per heavy atom. The van der Waals surface area contributed by atoms with E-state index in [4.69, 9.17) is 4.74 Å². The summed E-state index contributed by atoms with van der Waals surface area (Å²) < 4.78 is 6.15. The van der Waals surface area contributed by atoms with Crippen molar-refractivity contribution in [2.45, 2.75) is 24.4 Å². The zero-order valence-electron chi connectivity index (χ0n) is 21.0. The molecule has 0 bridgehead atoms. The van der Waals surface area contributed by atoms with Crippen LogP contribution in [0.5, 0.6) is 0 Å². The van der Waals surface area contributed by atoms with Crippen molar-refractivity contribution in [3.05, 3.63) is 89.3 Å². The molecule has 39 heavy (non-hydrogen) atoms. The number of esters is 1. The van der Waals surface area contributed by atoms with E-state index in [1.165, 1.54) is 41.1 Å². The molecule has 0 saturated carbocycles. The molecule has 3 aromatic rings. The Morgan fingerprint density at radius 1 is 1.10 bits per heavy atom. The van der Waals surface area contributed by atoms with Crippen LogP contribution in [-0.4, -0.2) is 59.0 Å². The molecule has 2 unspecified atom stereocenters. The lowest BCUT2D eigenvalue weighted by molar-refractivity contribution is -0.160. The zero-order valence-corrected chi connectivity index (χ0v) is 22.6. The Kier molecular flexibility index (Phi) is 7.80. The Labute approximate surface area is 233 Å². The number of carbonyl (C=O) groups is 4. The van der Waals surface area contributed by atoms with Gasteiger partial charge in [0, 0.05) is 25.4 Å². The largest absolute Gasteiger partial charge is 0.452 e. The molecule has 2 saturated heterocycles. The minimum absolute atomic E-state index is 0.00928. The smallest absolute Gasteiger partial charge is 0.321 e. The van der Waals surface area contributed by atoms with Crippen LogP contribution in [0.15, 0.2) is 83.3 Å². The fourth-order valence-corrected chi connectivity index (χ4v) is 7.17. The topological polar surface area (TPSA) is 108 Å². The second kappa shape index (κ2) is 11.4. The molecule has 11 heteroatoms. The number of amides is 3. The van der Waals surface area contributed by atoms with Crippen LogP contribution >= 0.6 is 23.1 Å². The number of ether oxygens (including phenoxy) is 1. The number of anilines is 1. The van der Waals surface area contributed by atoms with Gasteiger partial charge in [0.1, 0.15) is 16.8 Å². The van der Waals surface area contributed by atoms with Crippen molar-refractivity contribution in [2.75, 3.05) is 17.2 Å². The van der Waals surface area contributed by atoms with Gasteiger partial charge in [-0.05, 0) is 28.6 Å². The van der Waals surface area contributed by atoms with E-state index >= 15 is 0 Å². The fourth-order valence-electron chi connectivity index (χ4n) is 4.83. The Bertz CT molecular complexity index is 1330. The normalized spacial score (nSPS) is 22.2. The second-order valence-electron chi connectivity index (χ2n) is 9.22. The molecule has 0 spiro atoms. The number of nitrogens with one attached hydrogen (secondary N) is 1. The molecule has 200 valence electrons. The molecule has 2 fully saturated rings. The molecule has 2 aliphatic heterocycles. The van der Waals surface area contributed by atoms with E-state index in [9.17, 15) is 19.2 Å². The molecule has 1 aromatic heterocycles. The number of nitrogens with zero attached hydrogens (tertiary/aromatic N) is 3. The van der Waals surface area contributed by atoms with Crippen LogP contribution < -0.4 is 10.3 Å². The highest BCUT2D eigenvalue weighted by Crippen LogP contribution is 2.46. The Balaban J connectivity index is 1.42. The van der Waals surface area contributed by atoms with E-state index in [0.717, 1.165) is 11.1 Å². The summed E-state index contributed by atoms with van der Waals surface area (Å²) in [7, 11) is 0. The fraction of sp³-hybridized carbons (Fsp3) is 0.250. The predicted molar refractivity (Wildman–Crippen MR) is 150 cm³/mol. The monoisotopic (exact) mass is 562 g/mol. The average molecular weight is 563 g/mol. The van der Waals surface area contributed by atoms with Gasteiger partial charge in [0.05, 0.1) is 5.00 Å². The van der Waals surface area contributed by atoms with Crippen LogP contribution in [0.25, 0.3) is 0 Å². The maximum atomic E-state index is 13.9.